The number of nitrogens with zero attached hydrogens (tertiary/aromatic N) is 2. The maximum absolute atomic E-state index is 12.3. The number of carbonyl (C=O) groups excluding carboxylic acids is 1. The number of nitrogens with one attached hydrogen (secondary N) is 1. The SMILES string of the molecule is Cc1nn(C)c(C)c1NC(=O)[C@@H](C)Sc1ccc(Br)cc1. The van der Waals surface area contributed by atoms with E-state index in [1.165, 1.54) is 11.8 Å². The second kappa shape index (κ2) is 6.66. The summed E-state index contributed by atoms with van der Waals surface area (Å²) in [6, 6.07) is 7.95. The van der Waals surface area contributed by atoms with Crippen molar-refractivity contribution in [2.75, 3.05) is 5.32 Å². The number of thioether (sulfide) groups is 1. The van der Waals surface area contributed by atoms with Crippen LogP contribution in [0.5, 0.6) is 0 Å². The summed E-state index contributed by atoms with van der Waals surface area (Å²) in [6.07, 6.45) is 0. The molecule has 2 aromatic rings. The van der Waals surface area contributed by atoms with Crippen molar-refractivity contribution in [3.63, 3.8) is 0 Å². The van der Waals surface area contributed by atoms with Gasteiger partial charge in [-0.2, -0.15) is 5.10 Å². The summed E-state index contributed by atoms with van der Waals surface area (Å²) in [4.78, 5) is 13.4. The minimum atomic E-state index is -0.176. The summed E-state index contributed by atoms with van der Waals surface area (Å²) in [6.45, 7) is 5.75. The van der Waals surface area contributed by atoms with Gasteiger partial charge in [0.1, 0.15) is 0 Å². The quantitative estimate of drug-likeness (QED) is 0.833. The van der Waals surface area contributed by atoms with E-state index in [2.05, 4.69) is 26.3 Å². The molecule has 1 aromatic heterocycles. The number of anilines is 1. The first-order valence-corrected chi connectivity index (χ1v) is 8.29. The molecular formula is C15H18BrN3OS. The Balaban J connectivity index is 2.04. The average Bonchev–Trinajstić information content (AvgIpc) is 2.68. The molecule has 1 aromatic carbocycles. The van der Waals surface area contributed by atoms with Crippen molar-refractivity contribution < 1.29 is 4.79 Å². The lowest BCUT2D eigenvalue weighted by atomic mass is 10.3. The fourth-order valence-corrected chi connectivity index (χ4v) is 3.08. The summed E-state index contributed by atoms with van der Waals surface area (Å²) in [5.74, 6) is -0.0119. The number of carbonyl (C=O) groups is 1. The van der Waals surface area contributed by atoms with Gasteiger partial charge in [-0.05, 0) is 45.0 Å². The lowest BCUT2D eigenvalue weighted by molar-refractivity contribution is -0.115. The van der Waals surface area contributed by atoms with Crippen molar-refractivity contribution in [1.29, 1.82) is 0 Å². The Morgan fingerprint density at radius 3 is 2.48 bits per heavy atom. The molecule has 0 unspecified atom stereocenters. The molecule has 0 radical (unpaired) electrons. The highest BCUT2D eigenvalue weighted by molar-refractivity contribution is 9.10. The molecule has 0 bridgehead atoms. The Morgan fingerprint density at radius 2 is 1.95 bits per heavy atom. The first-order chi connectivity index (χ1) is 9.88. The number of aryl methyl sites for hydroxylation is 2. The first kappa shape index (κ1) is 16.1. The molecule has 0 saturated carbocycles. The standard InChI is InChI=1S/C15H18BrN3OS/c1-9-14(10(2)19(4)18-9)17-15(20)11(3)21-13-7-5-12(16)6-8-13/h5-8,11H,1-4H3,(H,17,20)/t11-/m1/s1. The molecule has 4 nitrogen and oxygen atoms in total. The van der Waals surface area contributed by atoms with Crippen LogP contribution in [0.2, 0.25) is 0 Å². The van der Waals surface area contributed by atoms with E-state index in [1.807, 2.05) is 52.1 Å². The molecule has 6 heteroatoms. The van der Waals surface area contributed by atoms with Crippen molar-refractivity contribution in [1.82, 2.24) is 9.78 Å². The van der Waals surface area contributed by atoms with Crippen LogP contribution in [0, 0.1) is 13.8 Å². The van der Waals surface area contributed by atoms with Gasteiger partial charge in [-0.15, -0.1) is 11.8 Å². The Hall–Kier alpha value is -1.27. The predicted octanol–water partition coefficient (Wildman–Crippen LogP) is 3.92. The minimum absolute atomic E-state index is 0.0119. The summed E-state index contributed by atoms with van der Waals surface area (Å²) in [5.41, 5.74) is 2.61. The molecule has 112 valence electrons. The van der Waals surface area contributed by atoms with Gasteiger partial charge < -0.3 is 5.32 Å². The minimum Gasteiger partial charge on any atom is -0.322 e. The van der Waals surface area contributed by atoms with Crippen LogP contribution in [0.25, 0.3) is 0 Å². The topological polar surface area (TPSA) is 46.9 Å². The average molecular weight is 368 g/mol. The van der Waals surface area contributed by atoms with Crippen molar-refractivity contribution in [2.24, 2.45) is 7.05 Å². The zero-order chi connectivity index (χ0) is 15.6. The molecule has 0 fully saturated rings. The number of aromatic nitrogens is 2. The van der Waals surface area contributed by atoms with Crippen LogP contribution < -0.4 is 5.32 Å². The zero-order valence-electron chi connectivity index (χ0n) is 12.5. The predicted molar refractivity (Wildman–Crippen MR) is 90.8 cm³/mol. The Labute approximate surface area is 137 Å². The fraction of sp³-hybridized carbons (Fsp3) is 0.333. The highest BCUT2D eigenvalue weighted by atomic mass is 79.9. The zero-order valence-corrected chi connectivity index (χ0v) is 14.9. The lowest BCUT2D eigenvalue weighted by Crippen LogP contribution is -2.23. The van der Waals surface area contributed by atoms with E-state index in [0.29, 0.717) is 0 Å². The van der Waals surface area contributed by atoms with Gasteiger partial charge in [-0.1, -0.05) is 15.9 Å². The molecule has 21 heavy (non-hydrogen) atoms. The third-order valence-electron chi connectivity index (χ3n) is 3.25. The van der Waals surface area contributed by atoms with Crippen molar-refractivity contribution in [2.45, 2.75) is 30.9 Å². The normalized spacial score (nSPS) is 12.2. The van der Waals surface area contributed by atoms with Gasteiger partial charge in [0.2, 0.25) is 5.91 Å². The smallest absolute Gasteiger partial charge is 0.237 e. The van der Waals surface area contributed by atoms with Gasteiger partial charge >= 0.3 is 0 Å². The van der Waals surface area contributed by atoms with Crippen LogP contribution >= 0.6 is 27.7 Å². The number of halogens is 1. The van der Waals surface area contributed by atoms with Crippen LogP contribution in [-0.2, 0) is 11.8 Å². The maximum atomic E-state index is 12.3. The van der Waals surface area contributed by atoms with E-state index < -0.39 is 0 Å². The Bertz CT molecular complexity index is 652. The molecule has 0 spiro atoms. The third-order valence-corrected chi connectivity index (χ3v) is 4.89. The van der Waals surface area contributed by atoms with E-state index in [-0.39, 0.29) is 11.2 Å². The molecule has 0 saturated heterocycles. The monoisotopic (exact) mass is 367 g/mol. The van der Waals surface area contributed by atoms with Crippen LogP contribution in [0.4, 0.5) is 5.69 Å². The van der Waals surface area contributed by atoms with Crippen LogP contribution in [0.1, 0.15) is 18.3 Å². The number of rotatable bonds is 4. The van der Waals surface area contributed by atoms with Gasteiger partial charge in [-0.3, -0.25) is 9.48 Å². The highest BCUT2D eigenvalue weighted by Crippen LogP contribution is 2.26. The molecule has 0 aliphatic rings. The second-order valence-electron chi connectivity index (χ2n) is 4.87. The van der Waals surface area contributed by atoms with Gasteiger partial charge in [0.15, 0.2) is 0 Å². The van der Waals surface area contributed by atoms with Gasteiger partial charge in [0.05, 0.1) is 22.3 Å². The summed E-state index contributed by atoms with van der Waals surface area (Å²) >= 11 is 4.94. The number of amides is 1. The lowest BCUT2D eigenvalue weighted by Gasteiger charge is -2.12. The van der Waals surface area contributed by atoms with Crippen molar-refractivity contribution in [3.8, 4) is 0 Å². The van der Waals surface area contributed by atoms with E-state index in [9.17, 15) is 4.79 Å². The van der Waals surface area contributed by atoms with Gasteiger partial charge in [0.25, 0.3) is 0 Å². The first-order valence-electron chi connectivity index (χ1n) is 6.61. The van der Waals surface area contributed by atoms with Gasteiger partial charge in [-0.25, -0.2) is 0 Å². The van der Waals surface area contributed by atoms with Gasteiger partial charge in [0, 0.05) is 16.4 Å². The number of hydrogen-bond donors (Lipinski definition) is 1. The van der Waals surface area contributed by atoms with Crippen LogP contribution in [0.15, 0.2) is 33.6 Å². The summed E-state index contributed by atoms with van der Waals surface area (Å²) in [7, 11) is 1.87. The number of benzene rings is 1. The molecule has 1 heterocycles. The molecule has 1 N–H and O–H groups in total. The molecule has 1 atom stereocenters. The molecule has 2 rings (SSSR count). The molecule has 0 aliphatic heterocycles. The highest BCUT2D eigenvalue weighted by Gasteiger charge is 2.18. The van der Waals surface area contributed by atoms with E-state index in [0.717, 1.165) is 26.4 Å². The summed E-state index contributed by atoms with van der Waals surface area (Å²) < 4.78 is 2.81. The largest absolute Gasteiger partial charge is 0.322 e. The molecule has 0 aliphatic carbocycles. The fourth-order valence-electron chi connectivity index (χ4n) is 1.95. The van der Waals surface area contributed by atoms with E-state index >= 15 is 0 Å². The van der Waals surface area contributed by atoms with Crippen molar-refractivity contribution >= 4 is 39.3 Å². The summed E-state index contributed by atoms with van der Waals surface area (Å²) in [5, 5.41) is 7.11. The molecular weight excluding hydrogens is 350 g/mol. The van der Waals surface area contributed by atoms with E-state index in [4.69, 9.17) is 0 Å². The molecule has 1 amide bonds. The number of hydrogen-bond acceptors (Lipinski definition) is 3. The Morgan fingerprint density at radius 1 is 1.33 bits per heavy atom. The van der Waals surface area contributed by atoms with Crippen LogP contribution in [-0.4, -0.2) is 20.9 Å². The third kappa shape index (κ3) is 3.89. The Kier molecular flexibility index (Phi) is 5.11. The second-order valence-corrected chi connectivity index (χ2v) is 7.20. The van der Waals surface area contributed by atoms with Crippen LogP contribution in [0.3, 0.4) is 0 Å². The van der Waals surface area contributed by atoms with E-state index in [1.54, 1.807) is 4.68 Å². The maximum Gasteiger partial charge on any atom is 0.237 e. The van der Waals surface area contributed by atoms with Crippen molar-refractivity contribution in [3.05, 3.63) is 40.1 Å².